The molecule has 0 saturated heterocycles. The second-order valence-electron chi connectivity index (χ2n) is 7.27. The average Bonchev–Trinajstić information content (AvgIpc) is 3.41. The van der Waals surface area contributed by atoms with E-state index >= 15 is 0 Å². The molecule has 0 bridgehead atoms. The highest BCUT2D eigenvalue weighted by molar-refractivity contribution is 14.0. The Labute approximate surface area is 180 Å². The first-order valence-electron chi connectivity index (χ1n) is 9.48. The third-order valence-corrected chi connectivity index (χ3v) is 4.33. The molecule has 1 aliphatic carbocycles. The molecule has 0 spiro atoms. The van der Waals surface area contributed by atoms with Crippen LogP contribution in [0.2, 0.25) is 0 Å². The molecule has 0 heterocycles. The van der Waals surface area contributed by atoms with Crippen molar-refractivity contribution in [1.82, 2.24) is 15.1 Å². The van der Waals surface area contributed by atoms with Crippen LogP contribution in [0.1, 0.15) is 30.9 Å². The van der Waals surface area contributed by atoms with Crippen molar-refractivity contribution in [1.29, 1.82) is 0 Å². The van der Waals surface area contributed by atoms with E-state index in [2.05, 4.69) is 17.1 Å². The van der Waals surface area contributed by atoms with E-state index in [1.807, 2.05) is 32.1 Å². The number of nitrogens with zero attached hydrogens (tertiary/aromatic N) is 3. The molecule has 2 rings (SSSR count). The van der Waals surface area contributed by atoms with E-state index in [1.54, 1.807) is 6.07 Å². The van der Waals surface area contributed by atoms with E-state index < -0.39 is 0 Å². The smallest absolute Gasteiger partial charge is 0.194 e. The number of halogens is 2. The van der Waals surface area contributed by atoms with Crippen molar-refractivity contribution in [3.63, 3.8) is 0 Å². The quantitative estimate of drug-likeness (QED) is 0.236. The predicted octanol–water partition coefficient (Wildman–Crippen LogP) is 3.33. The molecule has 0 unspecified atom stereocenters. The Morgan fingerprint density at radius 2 is 2.04 bits per heavy atom. The SMILES string of the molecule is CCNC(=NCc1ccc(F)c(CN(C)C)c1)N(C)CCOCC1CC1.I. The average molecular weight is 492 g/mol. The summed E-state index contributed by atoms with van der Waals surface area (Å²) < 4.78 is 19.6. The summed E-state index contributed by atoms with van der Waals surface area (Å²) in [6, 6.07) is 5.24. The first-order chi connectivity index (χ1) is 12.5. The second kappa shape index (κ2) is 12.5. The Balaban J connectivity index is 0.00000364. The maximum absolute atomic E-state index is 13.9. The van der Waals surface area contributed by atoms with Crippen molar-refractivity contribution in [3.05, 3.63) is 35.1 Å². The number of ether oxygens (including phenoxy) is 1. The zero-order valence-electron chi connectivity index (χ0n) is 17.0. The maximum Gasteiger partial charge on any atom is 0.194 e. The van der Waals surface area contributed by atoms with E-state index in [-0.39, 0.29) is 29.8 Å². The van der Waals surface area contributed by atoms with Crippen molar-refractivity contribution in [3.8, 4) is 0 Å². The third-order valence-electron chi connectivity index (χ3n) is 4.33. The lowest BCUT2D eigenvalue weighted by Gasteiger charge is -2.22. The van der Waals surface area contributed by atoms with Gasteiger partial charge in [0, 0.05) is 38.9 Å². The summed E-state index contributed by atoms with van der Waals surface area (Å²) in [5.41, 5.74) is 1.71. The monoisotopic (exact) mass is 492 g/mol. The first-order valence-corrected chi connectivity index (χ1v) is 9.48. The number of hydrogen-bond donors (Lipinski definition) is 1. The number of benzene rings is 1. The molecule has 1 aliphatic rings. The molecule has 0 radical (unpaired) electrons. The molecule has 1 N–H and O–H groups in total. The van der Waals surface area contributed by atoms with Crippen molar-refractivity contribution < 1.29 is 9.13 Å². The molecule has 1 aromatic carbocycles. The number of guanidine groups is 1. The van der Waals surface area contributed by atoms with Crippen LogP contribution in [0, 0.1) is 11.7 Å². The van der Waals surface area contributed by atoms with E-state index in [9.17, 15) is 4.39 Å². The normalized spacial score (nSPS) is 14.2. The van der Waals surface area contributed by atoms with Crippen LogP contribution in [-0.2, 0) is 17.8 Å². The molecule has 0 aliphatic heterocycles. The molecule has 7 heteroatoms. The largest absolute Gasteiger partial charge is 0.379 e. The van der Waals surface area contributed by atoms with E-state index in [0.29, 0.717) is 25.3 Å². The van der Waals surface area contributed by atoms with E-state index in [4.69, 9.17) is 9.73 Å². The summed E-state index contributed by atoms with van der Waals surface area (Å²) in [5, 5.41) is 3.31. The van der Waals surface area contributed by atoms with Crippen LogP contribution in [0.4, 0.5) is 4.39 Å². The molecule has 27 heavy (non-hydrogen) atoms. The van der Waals surface area contributed by atoms with E-state index in [0.717, 1.165) is 37.1 Å². The number of likely N-dealkylation sites (N-methyl/N-ethyl adjacent to an activating group) is 1. The molecule has 0 aromatic heterocycles. The molecule has 154 valence electrons. The zero-order chi connectivity index (χ0) is 18.9. The van der Waals surface area contributed by atoms with Crippen molar-refractivity contribution in [2.45, 2.75) is 32.9 Å². The van der Waals surface area contributed by atoms with Gasteiger partial charge in [0.2, 0.25) is 0 Å². The molecule has 1 saturated carbocycles. The summed E-state index contributed by atoms with van der Waals surface area (Å²) in [4.78, 5) is 8.75. The topological polar surface area (TPSA) is 40.1 Å². The fourth-order valence-electron chi connectivity index (χ4n) is 2.67. The van der Waals surface area contributed by atoms with Crippen LogP contribution in [0.25, 0.3) is 0 Å². The van der Waals surface area contributed by atoms with Gasteiger partial charge in [-0.15, -0.1) is 24.0 Å². The van der Waals surface area contributed by atoms with Gasteiger partial charge in [-0.2, -0.15) is 0 Å². The van der Waals surface area contributed by atoms with Crippen LogP contribution < -0.4 is 5.32 Å². The highest BCUT2D eigenvalue weighted by atomic mass is 127. The van der Waals surface area contributed by atoms with Crippen molar-refractivity contribution in [2.24, 2.45) is 10.9 Å². The Morgan fingerprint density at radius 1 is 1.30 bits per heavy atom. The lowest BCUT2D eigenvalue weighted by Crippen LogP contribution is -2.40. The van der Waals surface area contributed by atoms with Crippen molar-refractivity contribution >= 4 is 29.9 Å². The Morgan fingerprint density at radius 3 is 2.67 bits per heavy atom. The van der Waals surface area contributed by atoms with Gasteiger partial charge in [-0.3, -0.25) is 0 Å². The zero-order valence-corrected chi connectivity index (χ0v) is 19.3. The standard InChI is InChI=1S/C20H33FN4O.HI/c1-5-22-20(25(4)10-11-26-15-16-6-7-16)23-13-17-8-9-19(21)18(12-17)14-24(2)3;/h8-9,12,16H,5-7,10-11,13-15H2,1-4H3,(H,22,23);1H. The van der Waals surface area contributed by atoms with Gasteiger partial charge in [-0.1, -0.05) is 6.07 Å². The highest BCUT2D eigenvalue weighted by Gasteiger charge is 2.21. The van der Waals surface area contributed by atoms with Gasteiger partial charge in [-0.25, -0.2) is 9.38 Å². The molecule has 1 aromatic rings. The highest BCUT2D eigenvalue weighted by Crippen LogP contribution is 2.28. The number of aliphatic imine (C=N–C) groups is 1. The van der Waals surface area contributed by atoms with Crippen LogP contribution in [-0.4, -0.2) is 63.2 Å². The van der Waals surface area contributed by atoms with E-state index in [1.165, 1.54) is 18.9 Å². The van der Waals surface area contributed by atoms with Crippen LogP contribution in [0.3, 0.4) is 0 Å². The molecule has 1 fully saturated rings. The van der Waals surface area contributed by atoms with Gasteiger partial charge in [0.1, 0.15) is 5.82 Å². The fourth-order valence-corrected chi connectivity index (χ4v) is 2.67. The first kappa shape index (κ1) is 24.1. The van der Waals surface area contributed by atoms with Crippen LogP contribution in [0.15, 0.2) is 23.2 Å². The molecular formula is C20H34FIN4O. The van der Waals surface area contributed by atoms with Crippen molar-refractivity contribution in [2.75, 3.05) is 47.4 Å². The third kappa shape index (κ3) is 9.21. The maximum atomic E-state index is 13.9. The summed E-state index contributed by atoms with van der Waals surface area (Å²) in [5.74, 6) is 1.47. The van der Waals surface area contributed by atoms with Gasteiger partial charge in [0.25, 0.3) is 0 Å². The van der Waals surface area contributed by atoms with Gasteiger partial charge < -0.3 is 19.9 Å². The summed E-state index contributed by atoms with van der Waals surface area (Å²) in [6.45, 7) is 6.36. The lowest BCUT2D eigenvalue weighted by atomic mass is 10.1. The van der Waals surface area contributed by atoms with Gasteiger partial charge in [0.15, 0.2) is 5.96 Å². The molecule has 5 nitrogen and oxygen atoms in total. The minimum absolute atomic E-state index is 0. The minimum Gasteiger partial charge on any atom is -0.379 e. The molecule has 0 amide bonds. The van der Waals surface area contributed by atoms with Crippen LogP contribution in [0.5, 0.6) is 0 Å². The number of rotatable bonds is 10. The van der Waals surface area contributed by atoms with Crippen LogP contribution >= 0.6 is 24.0 Å². The Kier molecular flexibility index (Phi) is 11.2. The summed E-state index contributed by atoms with van der Waals surface area (Å²) >= 11 is 0. The summed E-state index contributed by atoms with van der Waals surface area (Å²) in [6.07, 6.45) is 2.63. The van der Waals surface area contributed by atoms with Gasteiger partial charge >= 0.3 is 0 Å². The lowest BCUT2D eigenvalue weighted by molar-refractivity contribution is 0.115. The summed E-state index contributed by atoms with van der Waals surface area (Å²) in [7, 11) is 5.89. The fraction of sp³-hybridized carbons (Fsp3) is 0.650. The Bertz CT molecular complexity index is 593. The predicted molar refractivity (Wildman–Crippen MR) is 120 cm³/mol. The number of nitrogens with one attached hydrogen (secondary N) is 1. The van der Waals surface area contributed by atoms with Gasteiger partial charge in [-0.05, 0) is 57.5 Å². The Hall–Kier alpha value is -0.930. The number of hydrogen-bond acceptors (Lipinski definition) is 3. The second-order valence-corrected chi connectivity index (χ2v) is 7.27. The minimum atomic E-state index is -0.164. The van der Waals surface area contributed by atoms with Gasteiger partial charge in [0.05, 0.1) is 13.2 Å². The molecular weight excluding hydrogens is 458 g/mol. The molecule has 0 atom stereocenters.